The molecular weight excluding hydrogens is 260 g/mol. The van der Waals surface area contributed by atoms with Gasteiger partial charge in [0.15, 0.2) is 6.29 Å². The number of rotatable bonds is 3. The fourth-order valence-electron chi connectivity index (χ4n) is 0.899. The molecule has 14 heavy (non-hydrogen) atoms. The van der Waals surface area contributed by atoms with Crippen LogP contribution in [-0.2, 0) is 0 Å². The summed E-state index contributed by atoms with van der Waals surface area (Å²) in [6, 6.07) is 1.02. The zero-order valence-corrected chi connectivity index (χ0v) is 8.72. The Morgan fingerprint density at radius 3 is 2.71 bits per heavy atom. The molecule has 0 fully saturated rings. The predicted molar refractivity (Wildman–Crippen MR) is 48.8 cm³/mol. The van der Waals surface area contributed by atoms with Gasteiger partial charge < -0.3 is 4.74 Å². The molecule has 6 heteroatoms. The van der Waals surface area contributed by atoms with Crippen molar-refractivity contribution in [3.63, 3.8) is 0 Å². The maximum atomic E-state index is 12.4. The molecule has 1 heterocycles. The van der Waals surface area contributed by atoms with Crippen molar-refractivity contribution in [2.24, 2.45) is 0 Å². The number of carbonyl (C=O) groups is 1. The van der Waals surface area contributed by atoms with Gasteiger partial charge in [0.05, 0.1) is 11.6 Å². The number of hydrogen-bond acceptors (Lipinski definition) is 3. The van der Waals surface area contributed by atoms with E-state index in [1.165, 1.54) is 7.11 Å². The third kappa shape index (κ3) is 2.06. The van der Waals surface area contributed by atoms with Crippen molar-refractivity contribution in [2.75, 3.05) is 7.11 Å². The summed E-state index contributed by atoms with van der Waals surface area (Å²) in [5.41, 5.74) is -0.390. The number of carbonyl (C=O) groups excluding carboxylic acids is 1. The molecule has 1 aromatic heterocycles. The number of halogens is 3. The van der Waals surface area contributed by atoms with Crippen LogP contribution in [0.3, 0.4) is 0 Å². The smallest absolute Gasteiger partial charge is 0.265 e. The van der Waals surface area contributed by atoms with Gasteiger partial charge in [-0.3, -0.25) is 4.79 Å². The Balaban J connectivity index is 3.34. The molecule has 0 aromatic carbocycles. The van der Waals surface area contributed by atoms with Gasteiger partial charge in [0.2, 0.25) is 5.88 Å². The number of methoxy groups -OCH3 is 1. The van der Waals surface area contributed by atoms with E-state index in [1.54, 1.807) is 0 Å². The Labute approximate surface area is 87.2 Å². The third-order valence-electron chi connectivity index (χ3n) is 1.52. The minimum absolute atomic E-state index is 0.0232. The van der Waals surface area contributed by atoms with Crippen molar-refractivity contribution in [3.05, 3.63) is 21.8 Å². The van der Waals surface area contributed by atoms with Gasteiger partial charge in [-0.05, 0) is 22.0 Å². The highest BCUT2D eigenvalue weighted by Gasteiger charge is 2.17. The van der Waals surface area contributed by atoms with Crippen LogP contribution in [0.4, 0.5) is 8.78 Å². The Bertz CT molecular complexity index is 357. The quantitative estimate of drug-likeness (QED) is 0.789. The lowest BCUT2D eigenvalue weighted by Crippen LogP contribution is -1.98. The highest BCUT2D eigenvalue weighted by molar-refractivity contribution is 9.10. The molecule has 0 saturated heterocycles. The summed E-state index contributed by atoms with van der Waals surface area (Å²) in [4.78, 5) is 14.1. The van der Waals surface area contributed by atoms with Crippen molar-refractivity contribution in [3.8, 4) is 5.88 Å². The second-order valence-corrected chi connectivity index (χ2v) is 3.17. The molecule has 0 bridgehead atoms. The highest BCUT2D eigenvalue weighted by atomic mass is 79.9. The molecule has 76 valence electrons. The molecule has 0 aliphatic carbocycles. The van der Waals surface area contributed by atoms with E-state index in [9.17, 15) is 13.6 Å². The standard InChI is InChI=1S/C8H6BrF2NO2/c1-14-8-6(9)5(7(10)11)2-4(3-13)12-8/h2-3,7H,1H3. The number of ether oxygens (including phenoxy) is 1. The SMILES string of the molecule is COc1nc(C=O)cc(C(F)F)c1Br. The third-order valence-corrected chi connectivity index (χ3v) is 2.32. The highest BCUT2D eigenvalue weighted by Crippen LogP contribution is 2.33. The van der Waals surface area contributed by atoms with Crippen LogP contribution in [0.2, 0.25) is 0 Å². The van der Waals surface area contributed by atoms with Gasteiger partial charge in [-0.2, -0.15) is 0 Å². The molecule has 1 rings (SSSR count). The van der Waals surface area contributed by atoms with E-state index < -0.39 is 6.43 Å². The van der Waals surface area contributed by atoms with Crippen molar-refractivity contribution < 1.29 is 18.3 Å². The monoisotopic (exact) mass is 265 g/mol. The van der Waals surface area contributed by atoms with Crippen LogP contribution >= 0.6 is 15.9 Å². The second-order valence-electron chi connectivity index (χ2n) is 2.38. The van der Waals surface area contributed by atoms with E-state index in [2.05, 4.69) is 20.9 Å². The molecule has 0 aliphatic heterocycles. The van der Waals surface area contributed by atoms with Crippen LogP contribution in [0.15, 0.2) is 10.5 Å². The number of alkyl halides is 2. The maximum Gasteiger partial charge on any atom is 0.265 e. The molecule has 0 saturated carbocycles. The van der Waals surface area contributed by atoms with Crippen molar-refractivity contribution in [2.45, 2.75) is 6.43 Å². The average molecular weight is 266 g/mol. The van der Waals surface area contributed by atoms with Crippen molar-refractivity contribution in [1.82, 2.24) is 4.98 Å². The fraction of sp³-hybridized carbons (Fsp3) is 0.250. The molecule has 0 amide bonds. The van der Waals surface area contributed by atoms with Gasteiger partial charge in [0.25, 0.3) is 6.43 Å². The molecule has 1 aromatic rings. The van der Waals surface area contributed by atoms with Crippen LogP contribution < -0.4 is 4.74 Å². The Kier molecular flexibility index (Phi) is 3.51. The minimum atomic E-state index is -2.68. The van der Waals surface area contributed by atoms with E-state index >= 15 is 0 Å². The van der Waals surface area contributed by atoms with E-state index in [-0.39, 0.29) is 21.6 Å². The predicted octanol–water partition coefficient (Wildman–Crippen LogP) is 2.60. The van der Waals surface area contributed by atoms with Crippen molar-refractivity contribution >= 4 is 22.2 Å². The molecule has 0 aliphatic rings. The zero-order chi connectivity index (χ0) is 10.7. The minimum Gasteiger partial charge on any atom is -0.480 e. The molecule has 0 atom stereocenters. The first-order valence-corrected chi connectivity index (χ1v) is 4.37. The summed E-state index contributed by atoms with van der Waals surface area (Å²) < 4.78 is 29.7. The lowest BCUT2D eigenvalue weighted by molar-refractivity contribution is 0.111. The van der Waals surface area contributed by atoms with Crippen LogP contribution in [-0.4, -0.2) is 18.4 Å². The first kappa shape index (κ1) is 11.0. The molecule has 0 radical (unpaired) electrons. The molecule has 0 unspecified atom stereocenters. The average Bonchev–Trinajstić information content (AvgIpc) is 2.17. The number of nitrogens with zero attached hydrogens (tertiary/aromatic N) is 1. The van der Waals surface area contributed by atoms with Crippen molar-refractivity contribution in [1.29, 1.82) is 0 Å². The summed E-state index contributed by atoms with van der Waals surface area (Å²) in [5, 5.41) is 0. The van der Waals surface area contributed by atoms with E-state index in [0.717, 1.165) is 6.07 Å². The van der Waals surface area contributed by atoms with Crippen LogP contribution in [0.25, 0.3) is 0 Å². The summed E-state index contributed by atoms with van der Waals surface area (Å²) in [7, 11) is 1.29. The first-order valence-electron chi connectivity index (χ1n) is 3.58. The van der Waals surface area contributed by atoms with Gasteiger partial charge in [0.1, 0.15) is 5.69 Å². The number of hydrogen-bond donors (Lipinski definition) is 0. The van der Waals surface area contributed by atoms with Gasteiger partial charge >= 0.3 is 0 Å². The van der Waals surface area contributed by atoms with Crippen LogP contribution in [0.1, 0.15) is 22.5 Å². The number of pyridine rings is 1. The Hall–Kier alpha value is -1.04. The van der Waals surface area contributed by atoms with Crippen LogP contribution in [0, 0.1) is 0 Å². The summed E-state index contributed by atoms with van der Waals surface area (Å²) in [5.74, 6) is -0.0232. The zero-order valence-electron chi connectivity index (χ0n) is 7.13. The molecule has 0 spiro atoms. The maximum absolute atomic E-state index is 12.4. The molecular formula is C8H6BrF2NO2. The fourth-order valence-corrected chi connectivity index (χ4v) is 1.44. The van der Waals surface area contributed by atoms with E-state index in [0.29, 0.717) is 6.29 Å². The second kappa shape index (κ2) is 4.45. The Morgan fingerprint density at radius 2 is 2.29 bits per heavy atom. The van der Waals surface area contributed by atoms with Crippen LogP contribution in [0.5, 0.6) is 5.88 Å². The Morgan fingerprint density at radius 1 is 1.64 bits per heavy atom. The lowest BCUT2D eigenvalue weighted by Gasteiger charge is -2.07. The van der Waals surface area contributed by atoms with Gasteiger partial charge in [0, 0.05) is 5.56 Å². The van der Waals surface area contributed by atoms with Gasteiger partial charge in [-0.15, -0.1) is 0 Å². The normalized spacial score (nSPS) is 10.4. The lowest BCUT2D eigenvalue weighted by atomic mass is 10.2. The molecule has 0 N–H and O–H groups in total. The number of aromatic nitrogens is 1. The first-order chi connectivity index (χ1) is 6.60. The summed E-state index contributed by atoms with van der Waals surface area (Å²) >= 11 is 2.92. The summed E-state index contributed by atoms with van der Waals surface area (Å²) in [6.45, 7) is 0. The van der Waals surface area contributed by atoms with E-state index in [1.807, 2.05) is 0 Å². The molecule has 3 nitrogen and oxygen atoms in total. The largest absolute Gasteiger partial charge is 0.480 e. The number of aldehydes is 1. The van der Waals surface area contributed by atoms with E-state index in [4.69, 9.17) is 4.74 Å². The van der Waals surface area contributed by atoms with Gasteiger partial charge in [-0.1, -0.05) is 0 Å². The summed E-state index contributed by atoms with van der Waals surface area (Å²) in [6.07, 6.45) is -2.29. The topological polar surface area (TPSA) is 39.2 Å². The van der Waals surface area contributed by atoms with Gasteiger partial charge in [-0.25, -0.2) is 13.8 Å².